The van der Waals surface area contributed by atoms with Gasteiger partial charge in [0.1, 0.15) is 11.5 Å². The van der Waals surface area contributed by atoms with Gasteiger partial charge in [0, 0.05) is 30.3 Å². The molecule has 0 aromatic heterocycles. The minimum absolute atomic E-state index is 0.00932. The third kappa shape index (κ3) is 6.38. The summed E-state index contributed by atoms with van der Waals surface area (Å²) < 4.78 is 11.0. The first-order valence-corrected chi connectivity index (χ1v) is 12.4. The number of methoxy groups -OCH3 is 2. The van der Waals surface area contributed by atoms with Crippen LogP contribution in [0.2, 0.25) is 0 Å². The van der Waals surface area contributed by atoms with Crippen molar-refractivity contribution in [3.05, 3.63) is 120 Å². The van der Waals surface area contributed by atoms with E-state index in [1.165, 1.54) is 0 Å². The predicted molar refractivity (Wildman–Crippen MR) is 147 cm³/mol. The van der Waals surface area contributed by atoms with Gasteiger partial charge < -0.3 is 14.6 Å². The summed E-state index contributed by atoms with van der Waals surface area (Å²) in [5, 5.41) is 9.98. The topological polar surface area (TPSA) is 59.0 Å². The minimum atomic E-state index is -0.837. The van der Waals surface area contributed by atoms with E-state index in [-0.39, 0.29) is 18.5 Å². The van der Waals surface area contributed by atoms with Crippen LogP contribution >= 0.6 is 0 Å². The number of hydrogen-bond donors (Lipinski definition) is 1. The standard InChI is InChI=1S/C32H33NO4/c1-23(25-13-8-5-9-14-25)33(22-24-11-6-4-7-12-24)30(21-32(34)35)27-16-10-15-26(19-27)29-18-17-28(36-2)20-31(29)37-3/h4-20,23,30H,21-22H2,1-3H3,(H,34,35)/t23-,30+/m1/s1. The van der Waals surface area contributed by atoms with Crippen LogP contribution in [0.5, 0.6) is 11.5 Å². The molecular weight excluding hydrogens is 462 g/mol. The molecule has 37 heavy (non-hydrogen) atoms. The Kier molecular flexibility index (Phi) is 8.60. The van der Waals surface area contributed by atoms with Gasteiger partial charge in [-0.2, -0.15) is 0 Å². The Labute approximate surface area is 218 Å². The molecular formula is C32H33NO4. The second-order valence-corrected chi connectivity index (χ2v) is 9.05. The summed E-state index contributed by atoms with van der Waals surface area (Å²) >= 11 is 0. The average Bonchev–Trinajstić information content (AvgIpc) is 2.95. The van der Waals surface area contributed by atoms with Gasteiger partial charge in [0.15, 0.2) is 0 Å². The maximum Gasteiger partial charge on any atom is 0.305 e. The van der Waals surface area contributed by atoms with Crippen LogP contribution in [0.4, 0.5) is 0 Å². The molecule has 5 heteroatoms. The monoisotopic (exact) mass is 495 g/mol. The van der Waals surface area contributed by atoms with E-state index in [2.05, 4.69) is 42.2 Å². The van der Waals surface area contributed by atoms with Gasteiger partial charge in [0.05, 0.1) is 20.6 Å². The molecule has 0 radical (unpaired) electrons. The van der Waals surface area contributed by atoms with Crippen molar-refractivity contribution >= 4 is 5.97 Å². The molecule has 2 atom stereocenters. The highest BCUT2D eigenvalue weighted by Crippen LogP contribution is 2.38. The number of rotatable bonds is 11. The Morgan fingerprint density at radius 3 is 2.14 bits per heavy atom. The zero-order valence-corrected chi connectivity index (χ0v) is 21.5. The Balaban J connectivity index is 1.79. The van der Waals surface area contributed by atoms with Crippen LogP contribution in [0.25, 0.3) is 11.1 Å². The number of carboxylic acids is 1. The lowest BCUT2D eigenvalue weighted by Gasteiger charge is -2.37. The SMILES string of the molecule is COc1ccc(-c2cccc([C@H](CC(=O)O)N(Cc3ccccc3)[C@H](C)c3ccccc3)c2)c(OC)c1. The molecule has 4 rings (SSSR count). The van der Waals surface area contributed by atoms with E-state index in [9.17, 15) is 9.90 Å². The number of ether oxygens (including phenoxy) is 2. The summed E-state index contributed by atoms with van der Waals surface area (Å²) in [6.07, 6.45) is -0.0206. The fourth-order valence-corrected chi connectivity index (χ4v) is 4.78. The molecule has 0 saturated heterocycles. The summed E-state index contributed by atoms with van der Waals surface area (Å²) in [6.45, 7) is 2.76. The molecule has 5 nitrogen and oxygen atoms in total. The molecule has 0 fully saturated rings. The van der Waals surface area contributed by atoms with E-state index < -0.39 is 5.97 Å². The Morgan fingerprint density at radius 2 is 1.49 bits per heavy atom. The summed E-state index contributed by atoms with van der Waals surface area (Å²) in [4.78, 5) is 14.4. The summed E-state index contributed by atoms with van der Waals surface area (Å²) in [5.41, 5.74) is 5.09. The fraction of sp³-hybridized carbons (Fsp3) is 0.219. The second-order valence-electron chi connectivity index (χ2n) is 9.05. The molecule has 0 amide bonds. The number of benzene rings is 4. The van der Waals surface area contributed by atoms with E-state index in [4.69, 9.17) is 9.47 Å². The quantitative estimate of drug-likeness (QED) is 0.239. The number of carboxylic acid groups (broad SMARTS) is 1. The largest absolute Gasteiger partial charge is 0.497 e. The van der Waals surface area contributed by atoms with Crippen LogP contribution in [0.1, 0.15) is 42.1 Å². The number of hydrogen-bond acceptors (Lipinski definition) is 4. The molecule has 1 N–H and O–H groups in total. The number of nitrogens with zero attached hydrogens (tertiary/aromatic N) is 1. The van der Waals surface area contributed by atoms with Crippen molar-refractivity contribution in [2.75, 3.05) is 14.2 Å². The predicted octanol–water partition coefficient (Wildman–Crippen LogP) is 7.15. The third-order valence-electron chi connectivity index (χ3n) is 6.75. The molecule has 0 aliphatic heterocycles. The van der Waals surface area contributed by atoms with E-state index in [0.29, 0.717) is 18.0 Å². The molecule has 0 aliphatic rings. The summed E-state index contributed by atoms with van der Waals surface area (Å²) in [5.74, 6) is 0.576. The van der Waals surface area contributed by atoms with E-state index in [1.54, 1.807) is 14.2 Å². The molecule has 4 aromatic rings. The lowest BCUT2D eigenvalue weighted by Crippen LogP contribution is -2.32. The minimum Gasteiger partial charge on any atom is -0.497 e. The van der Waals surface area contributed by atoms with Crippen molar-refractivity contribution in [2.24, 2.45) is 0 Å². The van der Waals surface area contributed by atoms with Crippen molar-refractivity contribution in [1.29, 1.82) is 0 Å². The zero-order valence-electron chi connectivity index (χ0n) is 21.5. The van der Waals surface area contributed by atoms with Gasteiger partial charge in [0.2, 0.25) is 0 Å². The number of aliphatic carboxylic acids is 1. The van der Waals surface area contributed by atoms with Crippen molar-refractivity contribution in [2.45, 2.75) is 32.0 Å². The molecule has 0 bridgehead atoms. The van der Waals surface area contributed by atoms with Crippen LogP contribution in [-0.2, 0) is 11.3 Å². The van der Waals surface area contributed by atoms with Crippen LogP contribution in [0.15, 0.2) is 103 Å². The van der Waals surface area contributed by atoms with Gasteiger partial charge in [-0.1, -0.05) is 78.9 Å². The van der Waals surface area contributed by atoms with Crippen molar-refractivity contribution in [3.8, 4) is 22.6 Å². The number of carbonyl (C=O) groups is 1. The van der Waals surface area contributed by atoms with E-state index in [1.807, 2.05) is 72.8 Å². The molecule has 0 aliphatic carbocycles. The Morgan fingerprint density at radius 1 is 0.811 bits per heavy atom. The lowest BCUT2D eigenvalue weighted by atomic mass is 9.93. The third-order valence-corrected chi connectivity index (χ3v) is 6.75. The van der Waals surface area contributed by atoms with Crippen LogP contribution in [0, 0.1) is 0 Å². The van der Waals surface area contributed by atoms with Crippen LogP contribution in [0.3, 0.4) is 0 Å². The zero-order chi connectivity index (χ0) is 26.2. The molecule has 0 heterocycles. The molecule has 0 saturated carbocycles. The Hall–Kier alpha value is -4.09. The van der Waals surface area contributed by atoms with Gasteiger partial charge in [-0.3, -0.25) is 9.69 Å². The first-order valence-electron chi connectivity index (χ1n) is 12.4. The molecule has 0 unspecified atom stereocenters. The molecule has 4 aromatic carbocycles. The fourth-order valence-electron chi connectivity index (χ4n) is 4.78. The smallest absolute Gasteiger partial charge is 0.305 e. The Bertz CT molecular complexity index is 1310. The van der Waals surface area contributed by atoms with Gasteiger partial charge in [-0.25, -0.2) is 0 Å². The highest BCUT2D eigenvalue weighted by Gasteiger charge is 2.29. The first kappa shape index (κ1) is 26.0. The van der Waals surface area contributed by atoms with Crippen LogP contribution < -0.4 is 9.47 Å². The first-order chi connectivity index (χ1) is 18.0. The maximum atomic E-state index is 12.2. The van der Waals surface area contributed by atoms with Gasteiger partial charge in [0.25, 0.3) is 0 Å². The highest BCUT2D eigenvalue weighted by atomic mass is 16.5. The maximum absolute atomic E-state index is 12.2. The normalized spacial score (nSPS) is 12.6. The second kappa shape index (κ2) is 12.2. The van der Waals surface area contributed by atoms with E-state index >= 15 is 0 Å². The van der Waals surface area contributed by atoms with Crippen molar-refractivity contribution < 1.29 is 19.4 Å². The molecule has 0 spiro atoms. The van der Waals surface area contributed by atoms with Gasteiger partial charge in [-0.05, 0) is 47.4 Å². The molecule has 190 valence electrons. The van der Waals surface area contributed by atoms with Gasteiger partial charge in [-0.15, -0.1) is 0 Å². The van der Waals surface area contributed by atoms with Crippen LogP contribution in [-0.4, -0.2) is 30.2 Å². The summed E-state index contributed by atoms with van der Waals surface area (Å²) in [6, 6.07) is 33.9. The average molecular weight is 496 g/mol. The highest BCUT2D eigenvalue weighted by molar-refractivity contribution is 5.73. The van der Waals surface area contributed by atoms with Gasteiger partial charge >= 0.3 is 5.97 Å². The van der Waals surface area contributed by atoms with Crippen molar-refractivity contribution in [1.82, 2.24) is 4.90 Å². The van der Waals surface area contributed by atoms with E-state index in [0.717, 1.165) is 27.8 Å². The summed E-state index contributed by atoms with van der Waals surface area (Å²) in [7, 11) is 3.26. The van der Waals surface area contributed by atoms with Crippen molar-refractivity contribution in [3.63, 3.8) is 0 Å². The lowest BCUT2D eigenvalue weighted by molar-refractivity contribution is -0.138.